The molecule has 1 N–H and O–H groups in total. The average Bonchev–Trinajstić information content (AvgIpc) is 3.20. The summed E-state index contributed by atoms with van der Waals surface area (Å²) in [7, 11) is 1.60. The zero-order chi connectivity index (χ0) is 22.7. The van der Waals surface area contributed by atoms with E-state index >= 15 is 0 Å². The predicted molar refractivity (Wildman–Crippen MR) is 136 cm³/mol. The van der Waals surface area contributed by atoms with Crippen LogP contribution in [0.3, 0.4) is 0 Å². The van der Waals surface area contributed by atoms with Crippen molar-refractivity contribution in [3.63, 3.8) is 0 Å². The van der Waals surface area contributed by atoms with Gasteiger partial charge in [-0.25, -0.2) is 4.98 Å². The van der Waals surface area contributed by atoms with Gasteiger partial charge in [0.1, 0.15) is 18.5 Å². The van der Waals surface area contributed by atoms with Gasteiger partial charge in [0.15, 0.2) is 11.5 Å². The van der Waals surface area contributed by atoms with Gasteiger partial charge in [-0.1, -0.05) is 29.8 Å². The number of rotatable bonds is 6. The number of aryl methyl sites for hydroxylation is 1. The molecule has 3 aromatic carbocycles. The monoisotopic (exact) mass is 555 g/mol. The molecule has 0 saturated carbocycles. The van der Waals surface area contributed by atoms with Crippen LogP contribution in [-0.2, 0) is 6.61 Å². The van der Waals surface area contributed by atoms with E-state index in [2.05, 4.69) is 38.6 Å². The van der Waals surface area contributed by atoms with Crippen molar-refractivity contribution >= 4 is 56.9 Å². The van der Waals surface area contributed by atoms with E-state index in [-0.39, 0.29) is 0 Å². The largest absolute Gasteiger partial charge is 0.493 e. The van der Waals surface area contributed by atoms with E-state index in [0.717, 1.165) is 31.3 Å². The quantitative estimate of drug-likeness (QED) is 0.210. The van der Waals surface area contributed by atoms with E-state index in [4.69, 9.17) is 21.1 Å². The smallest absolute Gasteiger partial charge is 0.174 e. The highest BCUT2D eigenvalue weighted by molar-refractivity contribution is 14.1. The van der Waals surface area contributed by atoms with Gasteiger partial charge in [-0.2, -0.15) is 5.26 Å². The molecular formula is C25H19ClIN3O2. The summed E-state index contributed by atoms with van der Waals surface area (Å²) in [5.41, 5.74) is 5.11. The minimum absolute atomic E-state index is 0.389. The molecule has 0 aliphatic rings. The van der Waals surface area contributed by atoms with Gasteiger partial charge in [0.05, 0.1) is 27.3 Å². The summed E-state index contributed by atoms with van der Waals surface area (Å²) in [6, 6.07) is 19.5. The Balaban J connectivity index is 1.63. The highest BCUT2D eigenvalue weighted by atomic mass is 127. The minimum Gasteiger partial charge on any atom is -0.493 e. The molecule has 4 aromatic rings. The first-order valence-corrected chi connectivity index (χ1v) is 11.3. The maximum Gasteiger partial charge on any atom is 0.174 e. The first-order chi connectivity index (χ1) is 15.5. The van der Waals surface area contributed by atoms with Gasteiger partial charge in [-0.05, 0) is 88.7 Å². The van der Waals surface area contributed by atoms with Crippen LogP contribution in [0.2, 0.25) is 5.02 Å². The van der Waals surface area contributed by atoms with Crippen molar-refractivity contribution in [1.82, 2.24) is 9.97 Å². The van der Waals surface area contributed by atoms with Crippen LogP contribution in [0.5, 0.6) is 11.5 Å². The summed E-state index contributed by atoms with van der Waals surface area (Å²) >= 11 is 8.16. The number of nitrogens with zero attached hydrogens (tertiary/aromatic N) is 2. The summed E-state index contributed by atoms with van der Waals surface area (Å²) in [4.78, 5) is 7.79. The molecule has 160 valence electrons. The van der Waals surface area contributed by atoms with E-state index in [9.17, 15) is 5.26 Å². The summed E-state index contributed by atoms with van der Waals surface area (Å²) in [5.74, 6) is 1.78. The van der Waals surface area contributed by atoms with Crippen LogP contribution < -0.4 is 9.47 Å². The molecule has 0 atom stereocenters. The first kappa shape index (κ1) is 22.2. The van der Waals surface area contributed by atoms with Crippen LogP contribution in [0.15, 0.2) is 54.6 Å². The van der Waals surface area contributed by atoms with Crippen LogP contribution >= 0.6 is 34.2 Å². The van der Waals surface area contributed by atoms with Gasteiger partial charge in [0.25, 0.3) is 0 Å². The van der Waals surface area contributed by atoms with Crippen molar-refractivity contribution < 1.29 is 9.47 Å². The Morgan fingerprint density at radius 2 is 1.97 bits per heavy atom. The molecule has 1 aromatic heterocycles. The number of hydrogen-bond acceptors (Lipinski definition) is 4. The number of imidazole rings is 1. The number of methoxy groups -OCH3 is 1. The molecular weight excluding hydrogens is 537 g/mol. The molecule has 7 heteroatoms. The van der Waals surface area contributed by atoms with Gasteiger partial charge in [0, 0.05) is 5.02 Å². The van der Waals surface area contributed by atoms with Crippen molar-refractivity contribution in [1.29, 1.82) is 5.26 Å². The van der Waals surface area contributed by atoms with Crippen molar-refractivity contribution in [3.05, 3.63) is 85.7 Å². The molecule has 0 saturated heterocycles. The second kappa shape index (κ2) is 9.63. The SMILES string of the molecule is COc1cc(/C=C(\C#N)c2nc3ccc(C)cc3[nH]2)cc(I)c1OCc1ccc(Cl)cc1. The predicted octanol–water partition coefficient (Wildman–Crippen LogP) is 6.78. The zero-order valence-electron chi connectivity index (χ0n) is 17.4. The highest BCUT2D eigenvalue weighted by Gasteiger charge is 2.14. The maximum atomic E-state index is 9.76. The molecule has 0 radical (unpaired) electrons. The van der Waals surface area contributed by atoms with E-state index in [1.54, 1.807) is 13.2 Å². The molecule has 0 fully saturated rings. The van der Waals surface area contributed by atoms with Crippen LogP contribution in [0, 0.1) is 21.8 Å². The number of H-pyrrole nitrogens is 1. The molecule has 0 aliphatic heterocycles. The number of aromatic nitrogens is 2. The lowest BCUT2D eigenvalue weighted by Crippen LogP contribution is -2.00. The van der Waals surface area contributed by atoms with Gasteiger partial charge >= 0.3 is 0 Å². The summed E-state index contributed by atoms with van der Waals surface area (Å²) in [6.45, 7) is 2.41. The molecule has 0 amide bonds. The molecule has 0 aliphatic carbocycles. The molecule has 1 heterocycles. The van der Waals surface area contributed by atoms with Gasteiger partial charge in [0.2, 0.25) is 0 Å². The van der Waals surface area contributed by atoms with Crippen LogP contribution in [0.4, 0.5) is 0 Å². The number of fused-ring (bicyclic) bond motifs is 1. The van der Waals surface area contributed by atoms with Gasteiger partial charge in [-0.3, -0.25) is 0 Å². The van der Waals surface area contributed by atoms with Gasteiger partial charge in [-0.15, -0.1) is 0 Å². The molecule has 32 heavy (non-hydrogen) atoms. The number of halogens is 2. The number of nitrogens with one attached hydrogen (secondary N) is 1. The average molecular weight is 556 g/mol. The zero-order valence-corrected chi connectivity index (χ0v) is 20.4. The lowest BCUT2D eigenvalue weighted by atomic mass is 10.1. The third-order valence-electron chi connectivity index (χ3n) is 4.87. The van der Waals surface area contributed by atoms with E-state index in [1.165, 1.54) is 0 Å². The Bertz CT molecular complexity index is 1350. The summed E-state index contributed by atoms with van der Waals surface area (Å²) in [6.07, 6.45) is 1.79. The van der Waals surface area contributed by atoms with Crippen molar-refractivity contribution in [2.45, 2.75) is 13.5 Å². The summed E-state index contributed by atoms with van der Waals surface area (Å²) in [5, 5.41) is 10.4. The fourth-order valence-electron chi connectivity index (χ4n) is 3.27. The Morgan fingerprint density at radius 1 is 1.19 bits per heavy atom. The van der Waals surface area contributed by atoms with Crippen LogP contribution in [-0.4, -0.2) is 17.1 Å². The van der Waals surface area contributed by atoms with E-state index in [1.807, 2.05) is 61.5 Å². The standard InChI is InChI=1S/C25H19ClIN3O2/c1-15-3-8-21-22(9-15)30-25(29-21)18(13-28)10-17-11-20(27)24(23(12-17)31-2)32-14-16-4-6-19(26)7-5-16/h3-12H,14H2,1-2H3,(H,29,30)/b18-10+. The van der Waals surface area contributed by atoms with E-state index < -0.39 is 0 Å². The number of aromatic amines is 1. The molecule has 0 spiro atoms. The van der Waals surface area contributed by atoms with Crippen LogP contribution in [0.1, 0.15) is 22.5 Å². The number of nitriles is 1. The second-order valence-electron chi connectivity index (χ2n) is 7.23. The fraction of sp³-hybridized carbons (Fsp3) is 0.120. The fourth-order valence-corrected chi connectivity index (χ4v) is 4.18. The topological polar surface area (TPSA) is 70.9 Å². The lowest BCUT2D eigenvalue weighted by Gasteiger charge is -2.14. The maximum absolute atomic E-state index is 9.76. The third kappa shape index (κ3) is 4.90. The third-order valence-corrected chi connectivity index (χ3v) is 5.93. The molecule has 0 unspecified atom stereocenters. The number of ether oxygens (including phenoxy) is 2. The van der Waals surface area contributed by atoms with Crippen molar-refractivity contribution in [3.8, 4) is 17.6 Å². The summed E-state index contributed by atoms with van der Waals surface area (Å²) < 4.78 is 12.5. The van der Waals surface area contributed by atoms with Gasteiger partial charge < -0.3 is 14.5 Å². The Kier molecular flexibility index (Phi) is 6.68. The Hall–Kier alpha value is -3.02. The first-order valence-electron chi connectivity index (χ1n) is 9.80. The normalized spacial score (nSPS) is 11.4. The number of benzene rings is 3. The molecule has 0 bridgehead atoms. The second-order valence-corrected chi connectivity index (χ2v) is 8.82. The lowest BCUT2D eigenvalue weighted by molar-refractivity contribution is 0.282. The Morgan fingerprint density at radius 3 is 2.69 bits per heavy atom. The van der Waals surface area contributed by atoms with Crippen molar-refractivity contribution in [2.75, 3.05) is 7.11 Å². The highest BCUT2D eigenvalue weighted by Crippen LogP contribution is 2.35. The van der Waals surface area contributed by atoms with E-state index in [0.29, 0.717) is 34.5 Å². The number of allylic oxidation sites excluding steroid dienone is 1. The number of hydrogen-bond donors (Lipinski definition) is 1. The van der Waals surface area contributed by atoms with Crippen molar-refractivity contribution in [2.24, 2.45) is 0 Å². The molecule has 5 nitrogen and oxygen atoms in total. The molecule has 4 rings (SSSR count). The minimum atomic E-state index is 0.389. The van der Waals surface area contributed by atoms with Crippen LogP contribution in [0.25, 0.3) is 22.7 Å². The Labute approximate surface area is 204 Å².